The van der Waals surface area contributed by atoms with Gasteiger partial charge in [0.2, 0.25) is 0 Å². The fourth-order valence-corrected chi connectivity index (χ4v) is 7.65. The molecule has 0 aromatic heterocycles. The first-order valence-corrected chi connectivity index (χ1v) is 15.4. The van der Waals surface area contributed by atoms with Gasteiger partial charge in [-0.3, -0.25) is 9.69 Å². The number of amides is 1. The van der Waals surface area contributed by atoms with E-state index in [1.165, 1.54) is 5.57 Å². The molecule has 1 spiro atoms. The topological polar surface area (TPSA) is 66.8 Å². The van der Waals surface area contributed by atoms with Crippen molar-refractivity contribution in [2.45, 2.75) is 83.0 Å². The third kappa shape index (κ3) is 5.31. The van der Waals surface area contributed by atoms with Crippen LogP contribution in [0.2, 0.25) is 0 Å². The second-order valence-corrected chi connectivity index (χ2v) is 12.8. The average Bonchev–Trinajstić information content (AvgIpc) is 3.46. The molecule has 42 heavy (non-hydrogen) atoms. The maximum absolute atomic E-state index is 14.1. The lowest BCUT2D eigenvalue weighted by atomic mass is 9.64. The molecule has 0 radical (unpaired) electrons. The lowest BCUT2D eigenvalue weighted by Crippen LogP contribution is -2.48. The van der Waals surface area contributed by atoms with Crippen LogP contribution in [-0.2, 0) is 17.7 Å². The van der Waals surface area contributed by atoms with Gasteiger partial charge >= 0.3 is 6.09 Å². The van der Waals surface area contributed by atoms with Crippen LogP contribution in [0.3, 0.4) is 0 Å². The molecule has 7 rings (SSSR count). The van der Waals surface area contributed by atoms with Gasteiger partial charge in [0.15, 0.2) is 5.78 Å². The minimum atomic E-state index is -0.635. The van der Waals surface area contributed by atoms with Gasteiger partial charge in [0.1, 0.15) is 5.60 Å². The van der Waals surface area contributed by atoms with Crippen LogP contribution in [0.1, 0.15) is 90.9 Å². The van der Waals surface area contributed by atoms with Gasteiger partial charge in [-0.05, 0) is 80.5 Å². The Morgan fingerprint density at radius 2 is 1.74 bits per heavy atom. The minimum absolute atomic E-state index is 0.00203. The predicted octanol–water partition coefficient (Wildman–Crippen LogP) is 7.62. The number of ether oxygens (including phenoxy) is 1. The smallest absolute Gasteiger partial charge is 0.410 e. The molecule has 1 saturated carbocycles. The molecular weight excluding hydrogens is 522 g/mol. The Bertz CT molecular complexity index is 1480. The number of nitrogens with zero attached hydrogens (tertiary/aromatic N) is 1. The van der Waals surface area contributed by atoms with E-state index in [1.54, 1.807) is 0 Å². The van der Waals surface area contributed by atoms with E-state index in [0.717, 1.165) is 48.8 Å². The summed E-state index contributed by atoms with van der Waals surface area (Å²) in [5.41, 5.74) is 4.72. The summed E-state index contributed by atoms with van der Waals surface area (Å²) in [6.07, 6.45) is 6.89. The minimum Gasteiger partial charge on any atom is -0.440 e. The molecule has 5 nitrogen and oxygen atoms in total. The Balaban J connectivity index is 1.43. The van der Waals surface area contributed by atoms with Crippen LogP contribution in [0.15, 0.2) is 90.5 Å². The third-order valence-electron chi connectivity index (χ3n) is 10.1. The standard InChI is InChI=1S/C37H41NO4/c1-26-10-9-20-36(2)33(19-21-37(36)25-38(35(41)42-37)24-27-11-5-3-6-12-27)31-18-16-28(22-30(39)17-15-26)23-32(31)34(40)29-13-7-4-8-14-29/h3-8,10-14,16,18,23,30,33,39H,9,15,17,19-22,24-25H2,1-2H3. The van der Waals surface area contributed by atoms with Gasteiger partial charge in [0.05, 0.1) is 12.6 Å². The number of ketones is 1. The fourth-order valence-electron chi connectivity index (χ4n) is 7.65. The molecular formula is C37H41NO4. The number of aliphatic hydroxyl groups is 1. The Kier molecular flexibility index (Phi) is 7.80. The van der Waals surface area contributed by atoms with E-state index >= 15 is 0 Å². The van der Waals surface area contributed by atoms with E-state index in [9.17, 15) is 14.7 Å². The fraction of sp³-hybridized carbons (Fsp3) is 0.405. The second-order valence-electron chi connectivity index (χ2n) is 12.8. The lowest BCUT2D eigenvalue weighted by Gasteiger charge is -2.43. The van der Waals surface area contributed by atoms with E-state index in [-0.39, 0.29) is 23.2 Å². The van der Waals surface area contributed by atoms with Crippen LogP contribution in [0.4, 0.5) is 4.79 Å². The number of rotatable bonds is 4. The Morgan fingerprint density at radius 3 is 2.50 bits per heavy atom. The van der Waals surface area contributed by atoms with Crippen molar-refractivity contribution in [2.24, 2.45) is 5.41 Å². The second kappa shape index (κ2) is 11.5. The molecule has 1 saturated heterocycles. The van der Waals surface area contributed by atoms with Gasteiger partial charge in [0.25, 0.3) is 0 Å². The average molecular weight is 564 g/mol. The van der Waals surface area contributed by atoms with Gasteiger partial charge in [-0.2, -0.15) is 0 Å². The molecule has 1 amide bonds. The molecule has 1 heterocycles. The number of hydrogen-bond donors (Lipinski definition) is 1. The van der Waals surface area contributed by atoms with E-state index in [0.29, 0.717) is 37.1 Å². The summed E-state index contributed by atoms with van der Waals surface area (Å²) in [7, 11) is 0. The van der Waals surface area contributed by atoms with Crippen LogP contribution in [0.5, 0.6) is 0 Å². The van der Waals surface area contributed by atoms with Crippen molar-refractivity contribution in [3.8, 4) is 0 Å². The van der Waals surface area contributed by atoms with Gasteiger partial charge in [-0.25, -0.2) is 4.79 Å². The molecule has 4 aliphatic rings. The summed E-state index contributed by atoms with van der Waals surface area (Å²) in [5.74, 6) is 0.0439. The van der Waals surface area contributed by atoms with E-state index in [1.807, 2.05) is 71.6 Å². The Labute approximate surface area is 249 Å². The Morgan fingerprint density at radius 1 is 1.00 bits per heavy atom. The van der Waals surface area contributed by atoms with Gasteiger partial charge in [-0.15, -0.1) is 0 Å². The summed E-state index contributed by atoms with van der Waals surface area (Å²) in [6.45, 7) is 5.50. The normalized spacial score (nSPS) is 27.8. The van der Waals surface area contributed by atoms with Crippen molar-refractivity contribution >= 4 is 11.9 Å². The number of hydrogen-bond acceptors (Lipinski definition) is 4. The zero-order chi connectivity index (χ0) is 29.3. The highest BCUT2D eigenvalue weighted by molar-refractivity contribution is 6.10. The number of fused-ring (bicyclic) bond motifs is 8. The summed E-state index contributed by atoms with van der Waals surface area (Å²) in [6, 6.07) is 25.8. The summed E-state index contributed by atoms with van der Waals surface area (Å²) in [5, 5.41) is 10.8. The molecule has 5 heteroatoms. The van der Waals surface area contributed by atoms with Crippen molar-refractivity contribution in [3.63, 3.8) is 0 Å². The molecule has 218 valence electrons. The van der Waals surface area contributed by atoms with Gasteiger partial charge in [0, 0.05) is 23.1 Å². The first-order chi connectivity index (χ1) is 20.3. The van der Waals surface area contributed by atoms with Crippen molar-refractivity contribution in [1.29, 1.82) is 0 Å². The molecule has 1 N–H and O–H groups in total. The summed E-state index contributed by atoms with van der Waals surface area (Å²) in [4.78, 5) is 29.3. The van der Waals surface area contributed by atoms with E-state index in [2.05, 4.69) is 32.1 Å². The summed E-state index contributed by atoms with van der Waals surface area (Å²) < 4.78 is 6.45. The summed E-state index contributed by atoms with van der Waals surface area (Å²) >= 11 is 0. The molecule has 1 aliphatic heterocycles. The van der Waals surface area contributed by atoms with Gasteiger partial charge in [-0.1, -0.05) is 91.4 Å². The van der Waals surface area contributed by atoms with Crippen molar-refractivity contribution in [1.82, 2.24) is 4.90 Å². The zero-order valence-corrected chi connectivity index (χ0v) is 24.7. The molecule has 3 aliphatic carbocycles. The van der Waals surface area contributed by atoms with E-state index in [4.69, 9.17) is 4.74 Å². The Hall–Kier alpha value is -3.70. The maximum atomic E-state index is 14.1. The molecule has 3 aromatic rings. The van der Waals surface area contributed by atoms with Crippen molar-refractivity contribution in [3.05, 3.63) is 118 Å². The maximum Gasteiger partial charge on any atom is 0.410 e. The largest absolute Gasteiger partial charge is 0.440 e. The number of benzene rings is 3. The molecule has 3 aromatic carbocycles. The van der Waals surface area contributed by atoms with Crippen LogP contribution in [-0.4, -0.2) is 40.1 Å². The lowest BCUT2D eigenvalue weighted by molar-refractivity contribution is -0.0373. The van der Waals surface area contributed by atoms with Crippen LogP contribution >= 0.6 is 0 Å². The number of carbonyl (C=O) groups excluding carboxylic acids is 2. The van der Waals surface area contributed by atoms with Crippen LogP contribution in [0, 0.1) is 5.41 Å². The highest BCUT2D eigenvalue weighted by atomic mass is 16.6. The number of carbonyl (C=O) groups is 2. The highest BCUT2D eigenvalue weighted by Crippen LogP contribution is 2.61. The van der Waals surface area contributed by atoms with Crippen LogP contribution < -0.4 is 0 Å². The molecule has 2 fully saturated rings. The monoisotopic (exact) mass is 563 g/mol. The van der Waals surface area contributed by atoms with Gasteiger partial charge < -0.3 is 9.84 Å². The number of allylic oxidation sites excluding steroid dienone is 2. The predicted molar refractivity (Wildman–Crippen MR) is 164 cm³/mol. The highest BCUT2D eigenvalue weighted by Gasteiger charge is 2.63. The van der Waals surface area contributed by atoms with E-state index < -0.39 is 11.7 Å². The third-order valence-corrected chi connectivity index (χ3v) is 10.1. The molecule has 2 bridgehead atoms. The number of aliphatic hydroxyl groups excluding tert-OH is 1. The van der Waals surface area contributed by atoms with Crippen molar-refractivity contribution in [2.75, 3.05) is 6.54 Å². The molecule has 4 unspecified atom stereocenters. The zero-order valence-electron chi connectivity index (χ0n) is 24.7. The quantitative estimate of drug-likeness (QED) is 0.262. The van der Waals surface area contributed by atoms with Crippen LogP contribution in [0.25, 0.3) is 0 Å². The first kappa shape index (κ1) is 28.4. The SMILES string of the molecule is CC1=CCCC2(C)C(CCC23CN(Cc2ccccc2)C(=O)O3)c2ccc(cc2C(=O)c2ccccc2)CC(O)CC1. The van der Waals surface area contributed by atoms with Crippen molar-refractivity contribution < 1.29 is 19.4 Å². The first-order valence-electron chi connectivity index (χ1n) is 15.4. The molecule has 4 atom stereocenters.